The van der Waals surface area contributed by atoms with Gasteiger partial charge < -0.3 is 10.4 Å². The van der Waals surface area contributed by atoms with Crippen molar-refractivity contribution in [1.82, 2.24) is 5.32 Å². The summed E-state index contributed by atoms with van der Waals surface area (Å²) in [5.41, 5.74) is 6.75. The minimum atomic E-state index is -0.564. The monoisotopic (exact) mass is 269 g/mol. The molecule has 0 spiro atoms. The Morgan fingerprint density at radius 2 is 1.70 bits per heavy atom. The maximum absolute atomic E-state index is 10.7. The summed E-state index contributed by atoms with van der Waals surface area (Å²) in [7, 11) is 1.93. The summed E-state index contributed by atoms with van der Waals surface area (Å²) in [6, 6.07) is 12.4. The van der Waals surface area contributed by atoms with Crippen molar-refractivity contribution in [2.45, 2.75) is 33.4 Å². The van der Waals surface area contributed by atoms with Crippen LogP contribution in [-0.2, 0) is 6.54 Å². The molecule has 0 heterocycles. The summed E-state index contributed by atoms with van der Waals surface area (Å²) in [4.78, 5) is 0. The molecule has 2 rings (SSSR count). The van der Waals surface area contributed by atoms with E-state index in [1.54, 1.807) is 0 Å². The average Bonchev–Trinajstić information content (AvgIpc) is 2.43. The Bertz CT molecular complexity index is 604. The fourth-order valence-electron chi connectivity index (χ4n) is 2.53. The van der Waals surface area contributed by atoms with Crippen LogP contribution in [0.4, 0.5) is 0 Å². The van der Waals surface area contributed by atoms with Crippen molar-refractivity contribution >= 4 is 0 Å². The first-order valence-electron chi connectivity index (χ1n) is 7.02. The van der Waals surface area contributed by atoms with Crippen molar-refractivity contribution in [3.8, 4) is 0 Å². The van der Waals surface area contributed by atoms with E-state index < -0.39 is 6.10 Å². The van der Waals surface area contributed by atoms with Crippen LogP contribution < -0.4 is 5.32 Å². The standard InChI is InChI=1S/C18H23NO/c1-12-8-14(3)17(9-13(12)2)18(20)16-7-5-6-15(10-16)11-19-4/h5-10,18-20H,11H2,1-4H3. The molecule has 2 nitrogen and oxygen atoms in total. The second-order valence-corrected chi connectivity index (χ2v) is 5.47. The number of hydrogen-bond donors (Lipinski definition) is 2. The number of hydrogen-bond acceptors (Lipinski definition) is 2. The van der Waals surface area contributed by atoms with Gasteiger partial charge in [-0.25, -0.2) is 0 Å². The Morgan fingerprint density at radius 3 is 2.40 bits per heavy atom. The van der Waals surface area contributed by atoms with E-state index in [2.05, 4.69) is 50.4 Å². The van der Waals surface area contributed by atoms with Gasteiger partial charge in [0.1, 0.15) is 6.10 Å². The fraction of sp³-hybridized carbons (Fsp3) is 0.333. The SMILES string of the molecule is CNCc1cccc(C(O)c2cc(C)c(C)cc2C)c1. The molecule has 106 valence electrons. The van der Waals surface area contributed by atoms with Crippen LogP contribution in [0.1, 0.15) is 39.5 Å². The van der Waals surface area contributed by atoms with Crippen LogP contribution in [0.3, 0.4) is 0 Å². The van der Waals surface area contributed by atoms with Gasteiger partial charge in [0, 0.05) is 6.54 Å². The summed E-state index contributed by atoms with van der Waals surface area (Å²) < 4.78 is 0. The zero-order chi connectivity index (χ0) is 14.7. The molecule has 1 atom stereocenters. The van der Waals surface area contributed by atoms with E-state index in [9.17, 15) is 5.11 Å². The van der Waals surface area contributed by atoms with Gasteiger partial charge in [0.25, 0.3) is 0 Å². The van der Waals surface area contributed by atoms with Crippen LogP contribution in [0.5, 0.6) is 0 Å². The van der Waals surface area contributed by atoms with E-state index in [0.717, 1.165) is 23.2 Å². The first-order chi connectivity index (χ1) is 9.52. The molecular formula is C18H23NO. The lowest BCUT2D eigenvalue weighted by atomic mass is 9.93. The molecule has 0 amide bonds. The number of aliphatic hydroxyl groups is 1. The minimum Gasteiger partial charge on any atom is -0.384 e. The molecule has 0 aliphatic heterocycles. The molecule has 2 N–H and O–H groups in total. The van der Waals surface area contributed by atoms with Crippen molar-refractivity contribution in [3.63, 3.8) is 0 Å². The van der Waals surface area contributed by atoms with Crippen molar-refractivity contribution in [3.05, 3.63) is 69.8 Å². The van der Waals surface area contributed by atoms with Crippen LogP contribution in [0.15, 0.2) is 36.4 Å². The molecule has 0 fully saturated rings. The fourth-order valence-corrected chi connectivity index (χ4v) is 2.53. The highest BCUT2D eigenvalue weighted by molar-refractivity contribution is 5.42. The summed E-state index contributed by atoms with van der Waals surface area (Å²) in [5.74, 6) is 0. The van der Waals surface area contributed by atoms with Gasteiger partial charge in [0.05, 0.1) is 0 Å². The molecular weight excluding hydrogens is 246 g/mol. The Hall–Kier alpha value is -1.64. The van der Waals surface area contributed by atoms with Crippen molar-refractivity contribution in [1.29, 1.82) is 0 Å². The van der Waals surface area contributed by atoms with Gasteiger partial charge in [0.2, 0.25) is 0 Å². The Balaban J connectivity index is 2.38. The van der Waals surface area contributed by atoms with Crippen LogP contribution >= 0.6 is 0 Å². The zero-order valence-electron chi connectivity index (χ0n) is 12.7. The lowest BCUT2D eigenvalue weighted by Crippen LogP contribution is -2.07. The lowest BCUT2D eigenvalue weighted by molar-refractivity contribution is 0.219. The van der Waals surface area contributed by atoms with E-state index in [1.165, 1.54) is 16.7 Å². The number of nitrogens with one attached hydrogen (secondary N) is 1. The third-order valence-corrected chi connectivity index (χ3v) is 3.82. The molecule has 0 bridgehead atoms. The van der Waals surface area contributed by atoms with Gasteiger partial charge in [0.15, 0.2) is 0 Å². The van der Waals surface area contributed by atoms with Crippen molar-refractivity contribution < 1.29 is 5.11 Å². The topological polar surface area (TPSA) is 32.3 Å². The molecule has 0 saturated heterocycles. The smallest absolute Gasteiger partial charge is 0.104 e. The van der Waals surface area contributed by atoms with Gasteiger partial charge in [-0.3, -0.25) is 0 Å². The first-order valence-corrected chi connectivity index (χ1v) is 7.02. The molecule has 2 heteroatoms. The molecule has 0 saturated carbocycles. The van der Waals surface area contributed by atoms with Crippen LogP contribution in [0.25, 0.3) is 0 Å². The summed E-state index contributed by atoms with van der Waals surface area (Å²) >= 11 is 0. The van der Waals surface area contributed by atoms with E-state index in [4.69, 9.17) is 0 Å². The van der Waals surface area contributed by atoms with E-state index in [-0.39, 0.29) is 0 Å². The normalized spacial score (nSPS) is 12.4. The van der Waals surface area contributed by atoms with Crippen molar-refractivity contribution in [2.75, 3.05) is 7.05 Å². The maximum atomic E-state index is 10.7. The predicted octanol–water partition coefficient (Wildman–Crippen LogP) is 3.41. The number of aryl methyl sites for hydroxylation is 3. The minimum absolute atomic E-state index is 0.564. The third-order valence-electron chi connectivity index (χ3n) is 3.82. The van der Waals surface area contributed by atoms with Gasteiger partial charge in [-0.1, -0.05) is 36.4 Å². The Kier molecular flexibility index (Phi) is 4.58. The number of aliphatic hydroxyl groups excluding tert-OH is 1. The molecule has 20 heavy (non-hydrogen) atoms. The number of benzene rings is 2. The zero-order valence-corrected chi connectivity index (χ0v) is 12.7. The second kappa shape index (κ2) is 6.21. The average molecular weight is 269 g/mol. The summed E-state index contributed by atoms with van der Waals surface area (Å²) in [6.07, 6.45) is -0.564. The van der Waals surface area contributed by atoms with E-state index >= 15 is 0 Å². The van der Waals surface area contributed by atoms with Gasteiger partial charge in [-0.2, -0.15) is 0 Å². The molecule has 0 radical (unpaired) electrons. The Morgan fingerprint density at radius 1 is 1.00 bits per heavy atom. The van der Waals surface area contributed by atoms with E-state index in [0.29, 0.717) is 0 Å². The van der Waals surface area contributed by atoms with Gasteiger partial charge in [-0.15, -0.1) is 0 Å². The molecule has 2 aromatic rings. The molecule has 0 aromatic heterocycles. The largest absolute Gasteiger partial charge is 0.384 e. The third kappa shape index (κ3) is 3.09. The van der Waals surface area contributed by atoms with Gasteiger partial charge in [-0.05, 0) is 61.2 Å². The van der Waals surface area contributed by atoms with Crippen LogP contribution in [0, 0.1) is 20.8 Å². The predicted molar refractivity (Wildman–Crippen MR) is 83.9 cm³/mol. The summed E-state index contributed by atoms with van der Waals surface area (Å²) in [6.45, 7) is 7.06. The lowest BCUT2D eigenvalue weighted by Gasteiger charge is -2.17. The van der Waals surface area contributed by atoms with Crippen molar-refractivity contribution in [2.24, 2.45) is 0 Å². The highest BCUT2D eigenvalue weighted by Crippen LogP contribution is 2.27. The summed E-state index contributed by atoms with van der Waals surface area (Å²) in [5, 5.41) is 13.8. The quantitative estimate of drug-likeness (QED) is 0.891. The van der Waals surface area contributed by atoms with Gasteiger partial charge >= 0.3 is 0 Å². The Labute approximate surface area is 121 Å². The molecule has 1 unspecified atom stereocenters. The second-order valence-electron chi connectivity index (χ2n) is 5.47. The van der Waals surface area contributed by atoms with E-state index in [1.807, 2.05) is 19.2 Å². The highest BCUT2D eigenvalue weighted by Gasteiger charge is 2.14. The first kappa shape index (κ1) is 14.8. The molecule has 0 aliphatic carbocycles. The highest BCUT2D eigenvalue weighted by atomic mass is 16.3. The molecule has 2 aromatic carbocycles. The maximum Gasteiger partial charge on any atom is 0.104 e. The number of rotatable bonds is 4. The van der Waals surface area contributed by atoms with Crippen LogP contribution in [-0.4, -0.2) is 12.2 Å². The molecule has 0 aliphatic rings. The van der Waals surface area contributed by atoms with Crippen LogP contribution in [0.2, 0.25) is 0 Å².